The van der Waals surface area contributed by atoms with E-state index in [2.05, 4.69) is 4.98 Å². The van der Waals surface area contributed by atoms with Gasteiger partial charge in [0.25, 0.3) is 0 Å². The molecular formula is C24H21ClN2O3S. The van der Waals surface area contributed by atoms with Crippen LogP contribution in [0.25, 0.3) is 33.2 Å². The second-order valence-corrected chi connectivity index (χ2v) is 11.1. The highest BCUT2D eigenvalue weighted by Gasteiger charge is 2.33. The summed E-state index contributed by atoms with van der Waals surface area (Å²) in [6, 6.07) is 16.9. The fourth-order valence-corrected chi connectivity index (χ4v) is 4.28. The maximum Gasteiger partial charge on any atom is 0.199 e. The molecule has 0 aliphatic carbocycles. The maximum atomic E-state index is 12.5. The third-order valence-electron chi connectivity index (χ3n) is 5.64. The van der Waals surface area contributed by atoms with Crippen LogP contribution in [-0.2, 0) is 14.6 Å². The first kappa shape index (κ1) is 21.3. The van der Waals surface area contributed by atoms with E-state index in [0.717, 1.165) is 27.6 Å². The SMILES string of the molecule is CC(C)(c1cc(-c2cccc(-c3cc(Cl)c[n+]([O-])c3)c2)c2ncccc2c1)S(C)(=O)=O. The number of halogens is 1. The largest absolute Gasteiger partial charge is 0.619 e. The lowest BCUT2D eigenvalue weighted by Gasteiger charge is -2.24. The first-order valence-corrected chi connectivity index (χ1v) is 11.9. The van der Waals surface area contributed by atoms with Crippen molar-refractivity contribution in [3.8, 4) is 22.3 Å². The smallest absolute Gasteiger partial charge is 0.199 e. The molecule has 0 spiro atoms. The minimum atomic E-state index is -3.36. The third-order valence-corrected chi connectivity index (χ3v) is 7.94. The van der Waals surface area contributed by atoms with Crippen LogP contribution >= 0.6 is 11.6 Å². The van der Waals surface area contributed by atoms with Gasteiger partial charge in [-0.15, -0.1) is 0 Å². The van der Waals surface area contributed by atoms with Crippen molar-refractivity contribution in [1.29, 1.82) is 0 Å². The van der Waals surface area contributed by atoms with Crippen molar-refractivity contribution in [3.05, 3.63) is 89.0 Å². The molecule has 31 heavy (non-hydrogen) atoms. The summed E-state index contributed by atoms with van der Waals surface area (Å²) in [5, 5.41) is 13.0. The normalized spacial score (nSPS) is 12.3. The lowest BCUT2D eigenvalue weighted by atomic mass is 9.92. The minimum Gasteiger partial charge on any atom is -0.619 e. The molecule has 0 unspecified atom stereocenters. The Kier molecular flexibility index (Phi) is 5.23. The Labute approximate surface area is 186 Å². The molecule has 4 aromatic rings. The molecule has 0 saturated carbocycles. The molecule has 158 valence electrons. The molecule has 5 nitrogen and oxygen atoms in total. The van der Waals surface area contributed by atoms with E-state index in [1.54, 1.807) is 26.1 Å². The van der Waals surface area contributed by atoms with Crippen LogP contribution in [0.5, 0.6) is 0 Å². The summed E-state index contributed by atoms with van der Waals surface area (Å²) in [6.07, 6.45) is 5.72. The van der Waals surface area contributed by atoms with Gasteiger partial charge in [-0.05, 0) is 60.9 Å². The summed E-state index contributed by atoms with van der Waals surface area (Å²) < 4.78 is 24.6. The quantitative estimate of drug-likeness (QED) is 0.317. The highest BCUT2D eigenvalue weighted by molar-refractivity contribution is 7.91. The van der Waals surface area contributed by atoms with Crippen LogP contribution in [0.4, 0.5) is 0 Å². The number of aromatic nitrogens is 2. The van der Waals surface area contributed by atoms with Crippen molar-refractivity contribution in [3.63, 3.8) is 0 Å². The fourth-order valence-electron chi connectivity index (χ4n) is 3.52. The molecule has 2 aromatic carbocycles. The summed E-state index contributed by atoms with van der Waals surface area (Å²) >= 11 is 6.06. The molecule has 0 bridgehead atoms. The number of hydrogen-bond donors (Lipinski definition) is 0. The number of rotatable bonds is 4. The van der Waals surface area contributed by atoms with E-state index in [4.69, 9.17) is 11.6 Å². The van der Waals surface area contributed by atoms with Crippen molar-refractivity contribution < 1.29 is 13.1 Å². The van der Waals surface area contributed by atoms with Crippen LogP contribution in [0.1, 0.15) is 19.4 Å². The number of nitrogens with zero attached hydrogens (tertiary/aromatic N) is 2. The van der Waals surface area contributed by atoms with Gasteiger partial charge >= 0.3 is 0 Å². The van der Waals surface area contributed by atoms with E-state index in [-0.39, 0.29) is 0 Å². The molecule has 0 N–H and O–H groups in total. The number of fused-ring (bicyclic) bond motifs is 1. The van der Waals surface area contributed by atoms with Gasteiger partial charge in [0.2, 0.25) is 0 Å². The molecule has 0 aliphatic rings. The van der Waals surface area contributed by atoms with Crippen molar-refractivity contribution in [2.45, 2.75) is 18.6 Å². The lowest BCUT2D eigenvalue weighted by Crippen LogP contribution is -2.28. The average molecular weight is 453 g/mol. The van der Waals surface area contributed by atoms with E-state index in [1.165, 1.54) is 18.6 Å². The van der Waals surface area contributed by atoms with E-state index >= 15 is 0 Å². The van der Waals surface area contributed by atoms with Crippen LogP contribution in [0.15, 0.2) is 73.2 Å². The summed E-state index contributed by atoms with van der Waals surface area (Å²) in [4.78, 5) is 4.55. The summed E-state index contributed by atoms with van der Waals surface area (Å²) in [5.41, 5.74) is 4.66. The molecule has 0 atom stereocenters. The minimum absolute atomic E-state index is 0.349. The third kappa shape index (κ3) is 4.01. The van der Waals surface area contributed by atoms with Crippen molar-refractivity contribution in [2.24, 2.45) is 0 Å². The predicted octanol–water partition coefficient (Wildman–Crippen LogP) is 5.14. The van der Waals surface area contributed by atoms with Gasteiger partial charge in [0.05, 0.1) is 10.3 Å². The molecule has 0 amide bonds. The Morgan fingerprint density at radius 2 is 1.71 bits per heavy atom. The number of sulfone groups is 1. The topological polar surface area (TPSA) is 74.0 Å². The molecule has 0 saturated heterocycles. The number of pyridine rings is 2. The average Bonchev–Trinajstić information content (AvgIpc) is 2.71. The van der Waals surface area contributed by atoms with Gasteiger partial charge in [0.1, 0.15) is 5.02 Å². The van der Waals surface area contributed by atoms with Gasteiger partial charge in [-0.3, -0.25) is 4.98 Å². The van der Waals surface area contributed by atoms with E-state index in [9.17, 15) is 13.6 Å². The molecule has 0 fully saturated rings. The zero-order valence-corrected chi connectivity index (χ0v) is 18.9. The second kappa shape index (κ2) is 7.62. The zero-order valence-electron chi connectivity index (χ0n) is 17.3. The van der Waals surface area contributed by atoms with Crippen LogP contribution in [0.3, 0.4) is 0 Å². The van der Waals surface area contributed by atoms with Gasteiger partial charge in [0, 0.05) is 29.0 Å². The van der Waals surface area contributed by atoms with E-state index in [0.29, 0.717) is 20.9 Å². The Morgan fingerprint density at radius 1 is 0.968 bits per heavy atom. The van der Waals surface area contributed by atoms with Crippen LogP contribution in [0, 0.1) is 5.21 Å². The van der Waals surface area contributed by atoms with Crippen molar-refractivity contribution in [2.75, 3.05) is 6.26 Å². The Bertz CT molecular complexity index is 1400. The van der Waals surface area contributed by atoms with Crippen molar-refractivity contribution >= 4 is 32.3 Å². The number of benzene rings is 2. The highest BCUT2D eigenvalue weighted by atomic mass is 35.5. The highest BCUT2D eigenvalue weighted by Crippen LogP contribution is 2.37. The molecule has 0 radical (unpaired) electrons. The fraction of sp³-hybridized carbons (Fsp3) is 0.167. The standard InChI is InChI=1S/C24H21ClN2O3S/c1-24(2,31(3,29)30)20-11-18-8-5-9-26-23(18)22(13-20)17-7-4-6-16(10-17)19-12-21(25)15-27(28)14-19/h4-15H,1-3H3. The summed E-state index contributed by atoms with van der Waals surface area (Å²) in [5.74, 6) is 0. The Morgan fingerprint density at radius 3 is 2.42 bits per heavy atom. The predicted molar refractivity (Wildman–Crippen MR) is 124 cm³/mol. The first-order chi connectivity index (χ1) is 14.6. The van der Waals surface area contributed by atoms with Gasteiger partial charge in [-0.1, -0.05) is 35.9 Å². The van der Waals surface area contributed by atoms with Gasteiger partial charge < -0.3 is 5.21 Å². The molecule has 7 heteroatoms. The van der Waals surface area contributed by atoms with Crippen LogP contribution < -0.4 is 4.73 Å². The maximum absolute atomic E-state index is 12.5. The van der Waals surface area contributed by atoms with Gasteiger partial charge in [0.15, 0.2) is 22.2 Å². The second-order valence-electron chi connectivity index (χ2n) is 8.06. The van der Waals surface area contributed by atoms with Crippen molar-refractivity contribution in [1.82, 2.24) is 4.98 Å². The molecule has 0 aliphatic heterocycles. The van der Waals surface area contributed by atoms with Gasteiger partial charge in [-0.25, -0.2) is 8.42 Å². The molecular weight excluding hydrogens is 432 g/mol. The van der Waals surface area contributed by atoms with Gasteiger partial charge in [-0.2, -0.15) is 4.73 Å². The molecule has 2 heterocycles. The van der Waals surface area contributed by atoms with E-state index < -0.39 is 14.6 Å². The number of hydrogen-bond acceptors (Lipinski definition) is 4. The van der Waals surface area contributed by atoms with Crippen LogP contribution in [0.2, 0.25) is 5.02 Å². The molecule has 2 aromatic heterocycles. The Hall–Kier alpha value is -2.96. The monoisotopic (exact) mass is 452 g/mol. The lowest BCUT2D eigenvalue weighted by molar-refractivity contribution is -0.604. The zero-order chi connectivity index (χ0) is 22.4. The summed E-state index contributed by atoms with van der Waals surface area (Å²) in [7, 11) is -3.36. The summed E-state index contributed by atoms with van der Waals surface area (Å²) in [6.45, 7) is 3.41. The first-order valence-electron chi connectivity index (χ1n) is 9.65. The van der Waals surface area contributed by atoms with Crippen LogP contribution in [-0.4, -0.2) is 19.7 Å². The molecule has 4 rings (SSSR count). The van der Waals surface area contributed by atoms with E-state index in [1.807, 2.05) is 48.5 Å². The Balaban J connectivity index is 1.96.